The number of fused-ring (bicyclic) bond motifs is 1. The quantitative estimate of drug-likeness (QED) is 0.767. The number of pyridine rings is 1. The van der Waals surface area contributed by atoms with Crippen LogP contribution >= 0.6 is 0 Å². The van der Waals surface area contributed by atoms with Crippen molar-refractivity contribution >= 4 is 5.65 Å². The highest BCUT2D eigenvalue weighted by Crippen LogP contribution is 2.34. The zero-order valence-electron chi connectivity index (χ0n) is 15.9. The number of imidazole rings is 2. The summed E-state index contributed by atoms with van der Waals surface area (Å²) in [6.07, 6.45) is 10.5. The third kappa shape index (κ3) is 3.15. The number of nitrogens with zero attached hydrogens (tertiary/aromatic N) is 5. The van der Waals surface area contributed by atoms with E-state index in [9.17, 15) is 0 Å². The lowest BCUT2D eigenvalue weighted by Gasteiger charge is -2.39. The molecule has 0 amide bonds. The van der Waals surface area contributed by atoms with Crippen molar-refractivity contribution in [1.29, 1.82) is 0 Å². The number of hydrogen-bond donors (Lipinski definition) is 1. The summed E-state index contributed by atoms with van der Waals surface area (Å²) >= 11 is 0. The molecule has 1 N–H and O–H groups in total. The van der Waals surface area contributed by atoms with E-state index in [1.807, 2.05) is 18.7 Å². The molecule has 6 heteroatoms. The fraction of sp³-hybridized carbons (Fsp3) is 0.500. The smallest absolute Gasteiger partial charge is 0.139 e. The molecule has 26 heavy (non-hydrogen) atoms. The molecule has 2 atom stereocenters. The lowest BCUT2D eigenvalue weighted by Crippen LogP contribution is -2.41. The van der Waals surface area contributed by atoms with E-state index in [0.717, 1.165) is 25.3 Å². The van der Waals surface area contributed by atoms with Gasteiger partial charge in [0.2, 0.25) is 0 Å². The molecule has 0 unspecified atom stereocenters. The van der Waals surface area contributed by atoms with Crippen molar-refractivity contribution < 1.29 is 0 Å². The van der Waals surface area contributed by atoms with Gasteiger partial charge in [0.1, 0.15) is 5.65 Å². The molecule has 0 aliphatic carbocycles. The summed E-state index contributed by atoms with van der Waals surface area (Å²) in [6, 6.07) is 4.62. The van der Waals surface area contributed by atoms with E-state index in [2.05, 4.69) is 68.5 Å². The van der Waals surface area contributed by atoms with Gasteiger partial charge in [-0.1, -0.05) is 6.07 Å². The standard InChI is InChI=1S/C20H28N6/c1-15-6-4-9-26-17(12-23-20(15)26)11-21-10-16-7-5-8-24(2)19(16)18-13-22-14-25(18)3/h4,6,9,12-14,16,19,21H,5,7-8,10-11H2,1-3H3/t16-,19+/m0/s1. The van der Waals surface area contributed by atoms with Crippen molar-refractivity contribution in [3.05, 3.63) is 54.0 Å². The summed E-state index contributed by atoms with van der Waals surface area (Å²) in [4.78, 5) is 11.4. The minimum Gasteiger partial charge on any atom is -0.336 e. The van der Waals surface area contributed by atoms with Crippen molar-refractivity contribution in [3.63, 3.8) is 0 Å². The number of nitrogens with one attached hydrogen (secondary N) is 1. The Morgan fingerprint density at radius 2 is 2.15 bits per heavy atom. The number of rotatable bonds is 5. The van der Waals surface area contributed by atoms with Crippen molar-refractivity contribution in [3.8, 4) is 0 Å². The highest BCUT2D eigenvalue weighted by Gasteiger charge is 2.31. The van der Waals surface area contributed by atoms with E-state index < -0.39 is 0 Å². The van der Waals surface area contributed by atoms with Gasteiger partial charge < -0.3 is 14.3 Å². The van der Waals surface area contributed by atoms with E-state index in [4.69, 9.17) is 0 Å². The Labute approximate surface area is 154 Å². The third-order valence-electron chi connectivity index (χ3n) is 5.68. The van der Waals surface area contributed by atoms with Crippen molar-refractivity contribution in [2.24, 2.45) is 13.0 Å². The second-order valence-electron chi connectivity index (χ2n) is 7.52. The summed E-state index contributed by atoms with van der Waals surface area (Å²) in [6.45, 7) is 5.09. The van der Waals surface area contributed by atoms with Gasteiger partial charge in [0.05, 0.1) is 30.0 Å². The van der Waals surface area contributed by atoms with E-state index >= 15 is 0 Å². The van der Waals surface area contributed by atoms with Gasteiger partial charge in [0.25, 0.3) is 0 Å². The monoisotopic (exact) mass is 352 g/mol. The van der Waals surface area contributed by atoms with Gasteiger partial charge >= 0.3 is 0 Å². The van der Waals surface area contributed by atoms with E-state index in [1.165, 1.54) is 29.8 Å². The second kappa shape index (κ2) is 7.21. The van der Waals surface area contributed by atoms with Gasteiger partial charge in [-0.05, 0) is 50.9 Å². The predicted octanol–water partition coefficient (Wildman–Crippen LogP) is 2.55. The minimum absolute atomic E-state index is 0.424. The van der Waals surface area contributed by atoms with Crippen LogP contribution in [0.1, 0.15) is 35.8 Å². The van der Waals surface area contributed by atoms with Gasteiger partial charge in [-0.3, -0.25) is 4.90 Å². The number of piperidine rings is 1. The predicted molar refractivity (Wildman–Crippen MR) is 103 cm³/mol. The Balaban J connectivity index is 1.46. The minimum atomic E-state index is 0.424. The Hall–Kier alpha value is -2.18. The van der Waals surface area contributed by atoms with E-state index in [1.54, 1.807) is 0 Å². The Bertz CT molecular complexity index is 879. The molecule has 0 saturated carbocycles. The number of aromatic nitrogens is 4. The lowest BCUT2D eigenvalue weighted by molar-refractivity contribution is 0.113. The molecule has 0 aromatic carbocycles. The average Bonchev–Trinajstić information content (AvgIpc) is 3.23. The normalized spacial score (nSPS) is 21.5. The molecule has 1 aliphatic heterocycles. The summed E-state index contributed by atoms with van der Waals surface area (Å²) in [5.74, 6) is 0.588. The summed E-state index contributed by atoms with van der Waals surface area (Å²) in [5, 5.41) is 3.68. The van der Waals surface area contributed by atoms with Crippen molar-refractivity contribution in [2.45, 2.75) is 32.4 Å². The number of aryl methyl sites for hydroxylation is 2. The first kappa shape index (κ1) is 17.2. The zero-order chi connectivity index (χ0) is 18.1. The third-order valence-corrected chi connectivity index (χ3v) is 5.68. The molecule has 0 bridgehead atoms. The fourth-order valence-electron chi connectivity index (χ4n) is 4.31. The maximum atomic E-state index is 4.57. The van der Waals surface area contributed by atoms with Crippen LogP contribution in [0.3, 0.4) is 0 Å². The molecule has 3 aromatic heterocycles. The average molecular weight is 352 g/mol. The zero-order valence-corrected chi connectivity index (χ0v) is 15.9. The highest BCUT2D eigenvalue weighted by molar-refractivity contribution is 5.48. The molecule has 1 fully saturated rings. The molecular formula is C20H28N6. The molecule has 4 rings (SSSR count). The SMILES string of the molecule is Cc1cccn2c(CNC[C@@H]3CCCN(C)[C@H]3c3cncn3C)cnc12. The van der Waals surface area contributed by atoms with Crippen LogP contribution in [0.15, 0.2) is 37.1 Å². The molecule has 4 heterocycles. The maximum absolute atomic E-state index is 4.57. The molecule has 3 aromatic rings. The van der Waals surface area contributed by atoms with Crippen molar-refractivity contribution in [2.75, 3.05) is 20.1 Å². The van der Waals surface area contributed by atoms with Crippen LogP contribution in [0.5, 0.6) is 0 Å². The van der Waals surface area contributed by atoms with Gasteiger partial charge in [-0.25, -0.2) is 9.97 Å². The van der Waals surface area contributed by atoms with Crippen LogP contribution in [0.25, 0.3) is 5.65 Å². The van der Waals surface area contributed by atoms with E-state index in [0.29, 0.717) is 12.0 Å². The lowest BCUT2D eigenvalue weighted by atomic mass is 9.87. The van der Waals surface area contributed by atoms with Crippen LogP contribution in [0.2, 0.25) is 0 Å². The number of likely N-dealkylation sites (tertiary alicyclic amines) is 1. The van der Waals surface area contributed by atoms with Gasteiger partial charge in [0.15, 0.2) is 0 Å². The summed E-state index contributed by atoms with van der Waals surface area (Å²) < 4.78 is 4.35. The van der Waals surface area contributed by atoms with Crippen LogP contribution in [-0.4, -0.2) is 44.0 Å². The molecular weight excluding hydrogens is 324 g/mol. The Kier molecular flexibility index (Phi) is 4.78. The van der Waals surface area contributed by atoms with Gasteiger partial charge in [0, 0.05) is 32.5 Å². The van der Waals surface area contributed by atoms with Crippen molar-refractivity contribution in [1.82, 2.24) is 29.2 Å². The molecule has 0 radical (unpaired) electrons. The first-order chi connectivity index (χ1) is 12.6. The van der Waals surface area contributed by atoms with Crippen LogP contribution in [0, 0.1) is 12.8 Å². The van der Waals surface area contributed by atoms with Gasteiger partial charge in [-0.2, -0.15) is 0 Å². The van der Waals surface area contributed by atoms with Crippen LogP contribution < -0.4 is 5.32 Å². The maximum Gasteiger partial charge on any atom is 0.139 e. The topological polar surface area (TPSA) is 50.4 Å². The largest absolute Gasteiger partial charge is 0.336 e. The van der Waals surface area contributed by atoms with Gasteiger partial charge in [-0.15, -0.1) is 0 Å². The fourth-order valence-corrected chi connectivity index (χ4v) is 4.31. The molecule has 1 saturated heterocycles. The first-order valence-electron chi connectivity index (χ1n) is 9.44. The molecule has 0 spiro atoms. The molecule has 138 valence electrons. The summed E-state index contributed by atoms with van der Waals surface area (Å²) in [5.41, 5.74) is 4.78. The second-order valence-corrected chi connectivity index (χ2v) is 7.52. The number of hydrogen-bond acceptors (Lipinski definition) is 4. The molecule has 1 aliphatic rings. The van der Waals surface area contributed by atoms with Crippen LogP contribution in [0.4, 0.5) is 0 Å². The highest BCUT2D eigenvalue weighted by atomic mass is 15.2. The Morgan fingerprint density at radius 1 is 1.27 bits per heavy atom. The Morgan fingerprint density at radius 3 is 2.96 bits per heavy atom. The van der Waals surface area contributed by atoms with Crippen LogP contribution in [-0.2, 0) is 13.6 Å². The first-order valence-corrected chi connectivity index (χ1v) is 9.44. The summed E-state index contributed by atoms with van der Waals surface area (Å²) in [7, 11) is 4.33. The van der Waals surface area contributed by atoms with E-state index in [-0.39, 0.29) is 0 Å². The molecule has 6 nitrogen and oxygen atoms in total.